The van der Waals surface area contributed by atoms with Gasteiger partial charge in [-0.3, -0.25) is 24.1 Å². The Bertz CT molecular complexity index is 2980. The molecule has 0 aliphatic rings. The molecular weight excluding hydrogens is 873 g/mol. The molecule has 0 radical (unpaired) electrons. The van der Waals surface area contributed by atoms with Crippen LogP contribution in [0.4, 0.5) is 0 Å². The van der Waals surface area contributed by atoms with Gasteiger partial charge in [-0.2, -0.15) is 20.4 Å². The third-order valence-corrected chi connectivity index (χ3v) is 12.7. The average molecular weight is 922 g/mol. The number of hydrogen-bond donors (Lipinski definition) is 1. The number of ether oxygens (including phenoxy) is 1. The molecule has 13 nitrogen and oxygen atoms in total. The van der Waals surface area contributed by atoms with Crippen molar-refractivity contribution < 1.29 is 14.3 Å². The molecule has 320 valence electrons. The van der Waals surface area contributed by atoms with Crippen molar-refractivity contribution in [2.45, 2.75) is 58.3 Å². The SMILES string of the molecule is C[Si](C)(C)CCOCn1nc(C(=O)Cc2cnn(Cc3ccccc3)c2)c2ccc(Br)cc21.Cn1cnc(-c2ccc3c(C(=O)Cc4cnn(Cc5ccccc5)c4)n[nH]c3c2)c1. The van der Waals surface area contributed by atoms with Crippen LogP contribution in [-0.4, -0.2) is 75.3 Å². The number of ketones is 2. The van der Waals surface area contributed by atoms with E-state index in [1.54, 1.807) is 23.4 Å². The molecular formula is C48H49BrN10O3Si. The Morgan fingerprint density at radius 3 is 1.95 bits per heavy atom. The lowest BCUT2D eigenvalue weighted by atomic mass is 10.0. The lowest BCUT2D eigenvalue weighted by molar-refractivity contribution is 0.0807. The maximum Gasteiger partial charge on any atom is 0.188 e. The molecule has 1 N–H and O–H groups in total. The van der Waals surface area contributed by atoms with Crippen LogP contribution in [0.3, 0.4) is 0 Å². The lowest BCUT2D eigenvalue weighted by Gasteiger charge is -2.15. The van der Waals surface area contributed by atoms with E-state index in [0.29, 0.717) is 37.8 Å². The number of aromatic amines is 1. The smallest absolute Gasteiger partial charge is 0.188 e. The quantitative estimate of drug-likeness (QED) is 0.0574. The third-order valence-electron chi connectivity index (χ3n) is 10.5. The monoisotopic (exact) mass is 920 g/mol. The first kappa shape index (κ1) is 43.1. The second kappa shape index (κ2) is 19.2. The Labute approximate surface area is 374 Å². The van der Waals surface area contributed by atoms with Gasteiger partial charge in [0, 0.05) is 74.0 Å². The van der Waals surface area contributed by atoms with Gasteiger partial charge in [-0.1, -0.05) is 102 Å². The van der Waals surface area contributed by atoms with Crippen molar-refractivity contribution in [3.05, 3.63) is 172 Å². The van der Waals surface area contributed by atoms with Gasteiger partial charge in [-0.25, -0.2) is 9.67 Å². The summed E-state index contributed by atoms with van der Waals surface area (Å²) in [6.45, 7) is 9.38. The standard InChI is InChI=1S/C25H29BrN4O2Si.C23H20N6O/c1-33(2,3)12-11-32-18-30-23-14-21(26)9-10-22(23)25(28-30)24(31)13-20-15-27-29(17-20)16-19-7-5-4-6-8-19;1-28-14-21(24-15-28)18-7-8-19-20(10-18)26-27-23(19)22(30)9-17-11-25-29(13-17)12-16-5-3-2-4-6-16/h4-10,14-15,17H,11-13,16,18H2,1-3H3;2-8,10-11,13-15H,9,12H2,1H3,(H,26,27). The number of halogens is 1. The van der Waals surface area contributed by atoms with Crippen molar-refractivity contribution in [3.63, 3.8) is 0 Å². The average Bonchev–Trinajstić information content (AvgIpc) is 4.12. The number of aromatic nitrogens is 10. The van der Waals surface area contributed by atoms with Gasteiger partial charge in [0.25, 0.3) is 0 Å². The van der Waals surface area contributed by atoms with Gasteiger partial charge in [0.2, 0.25) is 0 Å². The van der Waals surface area contributed by atoms with Crippen LogP contribution in [0, 0.1) is 0 Å². The number of rotatable bonds is 16. The van der Waals surface area contributed by atoms with Crippen molar-refractivity contribution in [1.82, 2.24) is 49.1 Å². The molecule has 9 aromatic rings. The third kappa shape index (κ3) is 11.1. The molecule has 4 aromatic carbocycles. The summed E-state index contributed by atoms with van der Waals surface area (Å²) >= 11 is 3.53. The normalized spacial score (nSPS) is 11.6. The molecule has 0 amide bonds. The summed E-state index contributed by atoms with van der Waals surface area (Å²) in [7, 11) is 0.773. The fourth-order valence-electron chi connectivity index (χ4n) is 7.18. The van der Waals surface area contributed by atoms with E-state index in [0.717, 1.165) is 54.7 Å². The van der Waals surface area contributed by atoms with Crippen molar-refractivity contribution in [2.24, 2.45) is 7.05 Å². The van der Waals surface area contributed by atoms with Crippen molar-refractivity contribution in [1.29, 1.82) is 0 Å². The van der Waals surface area contributed by atoms with Crippen molar-refractivity contribution in [3.8, 4) is 11.3 Å². The number of carbonyl (C=O) groups excluding carboxylic acids is 2. The zero-order chi connectivity index (χ0) is 43.9. The Kier molecular flexibility index (Phi) is 13.2. The minimum Gasteiger partial charge on any atom is -0.360 e. The minimum atomic E-state index is -1.16. The Morgan fingerprint density at radius 1 is 0.730 bits per heavy atom. The number of imidazole rings is 1. The number of nitrogens with one attached hydrogen (secondary N) is 1. The van der Waals surface area contributed by atoms with Crippen LogP contribution in [0.15, 0.2) is 139 Å². The van der Waals surface area contributed by atoms with Crippen LogP contribution in [0.25, 0.3) is 33.1 Å². The van der Waals surface area contributed by atoms with Gasteiger partial charge in [0.1, 0.15) is 18.1 Å². The highest BCUT2D eigenvalue weighted by Gasteiger charge is 2.20. The van der Waals surface area contributed by atoms with E-state index in [1.807, 2.05) is 112 Å². The van der Waals surface area contributed by atoms with Crippen LogP contribution in [0.5, 0.6) is 0 Å². The molecule has 0 fully saturated rings. The van der Waals surface area contributed by atoms with Crippen LogP contribution >= 0.6 is 15.9 Å². The number of fused-ring (bicyclic) bond motifs is 2. The Morgan fingerprint density at radius 2 is 1.35 bits per heavy atom. The van der Waals surface area contributed by atoms with E-state index >= 15 is 0 Å². The number of hydrogen-bond acceptors (Lipinski definition) is 8. The molecule has 9 rings (SSSR count). The minimum absolute atomic E-state index is 0.0255. The molecule has 0 aliphatic carbocycles. The fourth-order valence-corrected chi connectivity index (χ4v) is 8.29. The Hall–Kier alpha value is -6.55. The number of H-pyrrole nitrogens is 1. The summed E-state index contributed by atoms with van der Waals surface area (Å²) in [4.78, 5) is 30.5. The Balaban J connectivity index is 0.000000173. The van der Waals surface area contributed by atoms with Crippen LogP contribution in [-0.2, 0) is 44.4 Å². The first-order valence-electron chi connectivity index (χ1n) is 20.8. The molecule has 0 unspecified atom stereocenters. The van der Waals surface area contributed by atoms with E-state index in [-0.39, 0.29) is 24.4 Å². The predicted molar refractivity (Wildman–Crippen MR) is 251 cm³/mol. The second-order valence-electron chi connectivity index (χ2n) is 16.9. The van der Waals surface area contributed by atoms with E-state index in [1.165, 1.54) is 11.1 Å². The second-order valence-corrected chi connectivity index (χ2v) is 23.4. The van der Waals surface area contributed by atoms with Gasteiger partial charge in [0.05, 0.1) is 48.5 Å². The van der Waals surface area contributed by atoms with Crippen LogP contribution in [0.2, 0.25) is 25.7 Å². The molecule has 15 heteroatoms. The highest BCUT2D eigenvalue weighted by Crippen LogP contribution is 2.26. The highest BCUT2D eigenvalue weighted by atomic mass is 79.9. The molecule has 0 aliphatic heterocycles. The summed E-state index contributed by atoms with van der Waals surface area (Å²) in [6.07, 6.45) is 11.6. The molecule has 63 heavy (non-hydrogen) atoms. The summed E-state index contributed by atoms with van der Waals surface area (Å²) in [5, 5.41) is 22.4. The fraction of sp³-hybridized carbons (Fsp3) is 0.229. The summed E-state index contributed by atoms with van der Waals surface area (Å²) in [5.74, 6) is -0.0615. The van der Waals surface area contributed by atoms with Gasteiger partial charge in [-0.15, -0.1) is 0 Å². The molecule has 5 aromatic heterocycles. The maximum atomic E-state index is 13.2. The molecule has 0 saturated carbocycles. The summed E-state index contributed by atoms with van der Waals surface area (Å²) < 4.78 is 14.3. The van der Waals surface area contributed by atoms with Crippen LogP contribution in [0.1, 0.15) is 43.2 Å². The zero-order valence-electron chi connectivity index (χ0n) is 35.8. The largest absolute Gasteiger partial charge is 0.360 e. The molecule has 0 saturated heterocycles. The number of nitrogens with zero attached hydrogens (tertiary/aromatic N) is 9. The van der Waals surface area contributed by atoms with E-state index in [2.05, 4.69) is 90.3 Å². The number of carbonyl (C=O) groups is 2. The van der Waals surface area contributed by atoms with Gasteiger partial charge in [0.15, 0.2) is 11.6 Å². The van der Waals surface area contributed by atoms with Gasteiger partial charge < -0.3 is 9.30 Å². The zero-order valence-corrected chi connectivity index (χ0v) is 38.4. The molecule has 0 spiro atoms. The van der Waals surface area contributed by atoms with E-state index in [9.17, 15) is 9.59 Å². The van der Waals surface area contributed by atoms with Crippen molar-refractivity contribution >= 4 is 57.4 Å². The first-order valence-corrected chi connectivity index (χ1v) is 25.3. The van der Waals surface area contributed by atoms with Gasteiger partial charge in [-0.05, 0) is 58.6 Å². The van der Waals surface area contributed by atoms with Gasteiger partial charge >= 0.3 is 0 Å². The summed E-state index contributed by atoms with van der Waals surface area (Å²) in [6, 6.07) is 33.1. The topological polar surface area (TPSA) is 143 Å². The molecule has 5 heterocycles. The predicted octanol–water partition coefficient (Wildman–Crippen LogP) is 9.41. The number of Topliss-reactive ketones (excluding diaryl/α,β-unsaturated/α-hetero) is 2. The lowest BCUT2D eigenvalue weighted by Crippen LogP contribution is -2.22. The number of aryl methyl sites for hydroxylation is 1. The van der Waals surface area contributed by atoms with Crippen LogP contribution < -0.4 is 0 Å². The van der Waals surface area contributed by atoms with E-state index < -0.39 is 8.07 Å². The first-order chi connectivity index (χ1) is 30.4. The summed E-state index contributed by atoms with van der Waals surface area (Å²) in [5.41, 5.74) is 8.58. The maximum absolute atomic E-state index is 13.2. The molecule has 0 bridgehead atoms. The van der Waals surface area contributed by atoms with E-state index in [4.69, 9.17) is 4.74 Å². The number of benzene rings is 4. The molecule has 0 atom stereocenters. The van der Waals surface area contributed by atoms with Crippen molar-refractivity contribution in [2.75, 3.05) is 6.61 Å². The highest BCUT2D eigenvalue weighted by molar-refractivity contribution is 9.10.